The molecule has 26 heavy (non-hydrogen) atoms. The number of nitrogens with zero attached hydrogens (tertiary/aromatic N) is 2. The molecule has 1 N–H and O–H groups in total. The van der Waals surface area contributed by atoms with Gasteiger partial charge in [0.25, 0.3) is 5.91 Å². The average molecular weight is 351 g/mol. The van der Waals surface area contributed by atoms with Crippen molar-refractivity contribution < 1.29 is 9.59 Å². The first-order valence-electron chi connectivity index (χ1n) is 9.50. The maximum atomic E-state index is 13.1. The number of amides is 2. The number of carbonyl (C=O) groups excluding carboxylic acids is 2. The van der Waals surface area contributed by atoms with Crippen molar-refractivity contribution in [3.63, 3.8) is 0 Å². The van der Waals surface area contributed by atoms with Crippen LogP contribution in [0.15, 0.2) is 42.5 Å². The number of benzene rings is 2. The van der Waals surface area contributed by atoms with Gasteiger partial charge in [-0.25, -0.2) is 0 Å². The zero-order chi connectivity index (χ0) is 17.9. The highest BCUT2D eigenvalue weighted by molar-refractivity contribution is 6.07. The maximum absolute atomic E-state index is 13.1. The van der Waals surface area contributed by atoms with Crippen LogP contribution < -0.4 is 5.32 Å². The first kappa shape index (κ1) is 17.0. The van der Waals surface area contributed by atoms with Crippen LogP contribution in [0.25, 0.3) is 10.8 Å². The molecule has 0 spiro atoms. The number of likely N-dealkylation sites (tertiary alicyclic amines) is 1. The predicted molar refractivity (Wildman–Crippen MR) is 102 cm³/mol. The Hall–Kier alpha value is -2.40. The number of hydrogen-bond acceptors (Lipinski definition) is 3. The van der Waals surface area contributed by atoms with Gasteiger partial charge in [-0.05, 0) is 29.7 Å². The first-order valence-corrected chi connectivity index (χ1v) is 9.50. The monoisotopic (exact) mass is 351 g/mol. The summed E-state index contributed by atoms with van der Waals surface area (Å²) >= 11 is 0. The summed E-state index contributed by atoms with van der Waals surface area (Å²) in [4.78, 5) is 29.8. The van der Waals surface area contributed by atoms with Crippen LogP contribution in [0.4, 0.5) is 0 Å². The Bertz CT molecular complexity index is 809. The van der Waals surface area contributed by atoms with E-state index in [1.807, 2.05) is 52.3 Å². The number of piperidine rings is 1. The molecule has 2 aliphatic heterocycles. The second kappa shape index (κ2) is 7.46. The third-order valence-corrected chi connectivity index (χ3v) is 5.51. The molecule has 0 saturated carbocycles. The molecule has 0 aromatic heterocycles. The highest BCUT2D eigenvalue weighted by atomic mass is 16.2. The molecule has 1 atom stereocenters. The van der Waals surface area contributed by atoms with E-state index < -0.39 is 0 Å². The second-order valence-electron chi connectivity index (χ2n) is 7.19. The van der Waals surface area contributed by atoms with Gasteiger partial charge in [-0.2, -0.15) is 0 Å². The summed E-state index contributed by atoms with van der Waals surface area (Å²) < 4.78 is 0. The lowest BCUT2D eigenvalue weighted by Gasteiger charge is -2.36. The van der Waals surface area contributed by atoms with E-state index in [0.29, 0.717) is 6.54 Å². The van der Waals surface area contributed by atoms with Crippen molar-refractivity contribution in [3.8, 4) is 0 Å². The van der Waals surface area contributed by atoms with Gasteiger partial charge < -0.3 is 15.1 Å². The van der Waals surface area contributed by atoms with Crippen LogP contribution in [0.3, 0.4) is 0 Å². The van der Waals surface area contributed by atoms with Gasteiger partial charge >= 0.3 is 0 Å². The van der Waals surface area contributed by atoms with E-state index in [1.165, 1.54) is 0 Å². The van der Waals surface area contributed by atoms with Crippen LogP contribution in [0.5, 0.6) is 0 Å². The fourth-order valence-electron chi connectivity index (χ4n) is 4.09. The fourth-order valence-corrected chi connectivity index (χ4v) is 4.09. The SMILES string of the molecule is O=C(c1cccc2ccccc12)N1CCCC(C(=O)N2CCNCC2)C1. The van der Waals surface area contributed by atoms with E-state index in [9.17, 15) is 9.59 Å². The van der Waals surface area contributed by atoms with E-state index in [2.05, 4.69) is 5.32 Å². The Kier molecular flexibility index (Phi) is 4.89. The Morgan fingerprint density at radius 1 is 0.923 bits per heavy atom. The van der Waals surface area contributed by atoms with E-state index in [4.69, 9.17) is 0 Å². The molecule has 0 aliphatic carbocycles. The Labute approximate surface area is 154 Å². The quantitative estimate of drug-likeness (QED) is 0.902. The van der Waals surface area contributed by atoms with Gasteiger partial charge in [-0.1, -0.05) is 36.4 Å². The Morgan fingerprint density at radius 3 is 2.54 bits per heavy atom. The minimum absolute atomic E-state index is 0.0413. The summed E-state index contributed by atoms with van der Waals surface area (Å²) in [5.41, 5.74) is 0.735. The summed E-state index contributed by atoms with van der Waals surface area (Å²) in [6, 6.07) is 13.8. The first-order chi connectivity index (χ1) is 12.7. The van der Waals surface area contributed by atoms with Gasteiger partial charge in [0.15, 0.2) is 0 Å². The number of piperazine rings is 1. The molecule has 0 radical (unpaired) electrons. The van der Waals surface area contributed by atoms with Crippen LogP contribution in [-0.4, -0.2) is 60.9 Å². The lowest BCUT2D eigenvalue weighted by Crippen LogP contribution is -2.52. The van der Waals surface area contributed by atoms with Gasteiger partial charge in [-0.15, -0.1) is 0 Å². The third kappa shape index (κ3) is 3.31. The number of carbonyl (C=O) groups is 2. The van der Waals surface area contributed by atoms with Gasteiger partial charge in [0.1, 0.15) is 0 Å². The predicted octanol–water partition coefficient (Wildman–Crippen LogP) is 2.12. The summed E-state index contributed by atoms with van der Waals surface area (Å²) in [5, 5.41) is 5.33. The fraction of sp³-hybridized carbons (Fsp3) is 0.429. The molecule has 2 aromatic carbocycles. The lowest BCUT2D eigenvalue weighted by molar-refractivity contribution is -0.137. The molecule has 2 aliphatic rings. The van der Waals surface area contributed by atoms with Crippen LogP contribution >= 0.6 is 0 Å². The summed E-state index contributed by atoms with van der Waals surface area (Å²) in [6.07, 6.45) is 1.76. The van der Waals surface area contributed by atoms with Crippen molar-refractivity contribution in [2.75, 3.05) is 39.3 Å². The molecular weight excluding hydrogens is 326 g/mol. The van der Waals surface area contributed by atoms with Gasteiger partial charge in [0.05, 0.1) is 5.92 Å². The summed E-state index contributed by atoms with van der Waals surface area (Å²) in [5.74, 6) is 0.183. The number of hydrogen-bond donors (Lipinski definition) is 1. The van der Waals surface area contributed by atoms with E-state index in [1.54, 1.807) is 0 Å². The van der Waals surface area contributed by atoms with Crippen LogP contribution in [-0.2, 0) is 4.79 Å². The summed E-state index contributed by atoms with van der Waals surface area (Å²) in [7, 11) is 0. The largest absolute Gasteiger partial charge is 0.340 e. The molecule has 136 valence electrons. The minimum Gasteiger partial charge on any atom is -0.340 e. The van der Waals surface area contributed by atoms with Crippen molar-refractivity contribution in [2.45, 2.75) is 12.8 Å². The molecule has 2 heterocycles. The third-order valence-electron chi connectivity index (χ3n) is 5.51. The topological polar surface area (TPSA) is 52.7 Å². The van der Waals surface area contributed by atoms with Crippen molar-refractivity contribution in [3.05, 3.63) is 48.0 Å². The van der Waals surface area contributed by atoms with Crippen molar-refractivity contribution in [2.24, 2.45) is 5.92 Å². The Morgan fingerprint density at radius 2 is 1.69 bits per heavy atom. The molecule has 5 heteroatoms. The second-order valence-corrected chi connectivity index (χ2v) is 7.19. The van der Waals surface area contributed by atoms with Crippen LogP contribution in [0.1, 0.15) is 23.2 Å². The lowest BCUT2D eigenvalue weighted by atomic mass is 9.95. The zero-order valence-electron chi connectivity index (χ0n) is 15.0. The van der Waals surface area contributed by atoms with Gasteiger partial charge in [-0.3, -0.25) is 9.59 Å². The highest BCUT2D eigenvalue weighted by Crippen LogP contribution is 2.24. The average Bonchev–Trinajstić information content (AvgIpc) is 2.73. The molecule has 1 unspecified atom stereocenters. The minimum atomic E-state index is -0.0687. The van der Waals surface area contributed by atoms with Crippen molar-refractivity contribution >= 4 is 22.6 Å². The molecule has 2 aromatic rings. The van der Waals surface area contributed by atoms with E-state index in [-0.39, 0.29) is 17.7 Å². The van der Waals surface area contributed by atoms with E-state index >= 15 is 0 Å². The standard InChI is InChI=1S/C21H25N3O2/c25-20(23-13-10-22-11-14-23)17-7-4-12-24(15-17)21(26)19-9-3-6-16-5-1-2-8-18(16)19/h1-3,5-6,8-9,17,22H,4,7,10-15H2. The smallest absolute Gasteiger partial charge is 0.254 e. The number of fused-ring (bicyclic) bond motifs is 1. The molecule has 2 amide bonds. The number of nitrogens with one attached hydrogen (secondary N) is 1. The van der Waals surface area contributed by atoms with E-state index in [0.717, 1.165) is 61.9 Å². The molecule has 0 bridgehead atoms. The normalized spacial score (nSPS) is 21.0. The molecule has 2 saturated heterocycles. The zero-order valence-corrected chi connectivity index (χ0v) is 15.0. The van der Waals surface area contributed by atoms with Crippen LogP contribution in [0.2, 0.25) is 0 Å². The highest BCUT2D eigenvalue weighted by Gasteiger charge is 2.32. The number of rotatable bonds is 2. The molecule has 2 fully saturated rings. The molecule has 4 rings (SSSR count). The van der Waals surface area contributed by atoms with Crippen molar-refractivity contribution in [1.29, 1.82) is 0 Å². The Balaban J connectivity index is 1.52. The van der Waals surface area contributed by atoms with Gasteiger partial charge in [0, 0.05) is 44.8 Å². The maximum Gasteiger partial charge on any atom is 0.254 e. The van der Waals surface area contributed by atoms with Crippen LogP contribution in [0, 0.1) is 5.92 Å². The molecular formula is C21H25N3O2. The van der Waals surface area contributed by atoms with Gasteiger partial charge in [0.2, 0.25) is 5.91 Å². The van der Waals surface area contributed by atoms with Crippen molar-refractivity contribution in [1.82, 2.24) is 15.1 Å². The summed E-state index contributed by atoms with van der Waals surface area (Å²) in [6.45, 7) is 4.52. The molecule has 5 nitrogen and oxygen atoms in total.